The number of carbonyl (C=O) groups excluding carboxylic acids is 2. The molecule has 8 N–H and O–H groups in total. The summed E-state index contributed by atoms with van der Waals surface area (Å²) in [6, 6.07) is -0.0756. The van der Waals surface area contributed by atoms with E-state index in [9.17, 15) is 64.8 Å². The van der Waals surface area contributed by atoms with Gasteiger partial charge in [0.15, 0.2) is 17.7 Å². The zero-order valence-corrected chi connectivity index (χ0v) is 23.7. The minimum absolute atomic E-state index is 0.112. The van der Waals surface area contributed by atoms with E-state index < -0.39 is 85.0 Å². The average Bonchev–Trinajstić information content (AvgIpc) is 3.34. The first-order chi connectivity index (χ1) is 21.7. The van der Waals surface area contributed by atoms with Crippen molar-refractivity contribution in [3.05, 3.63) is 41.1 Å². The molecule has 0 aliphatic carbocycles. The Morgan fingerprint density at radius 3 is 2.30 bits per heavy atom. The number of allylic oxidation sites excluding steroid dienone is 2. The van der Waals surface area contributed by atoms with Crippen molar-refractivity contribution in [1.29, 1.82) is 0 Å². The van der Waals surface area contributed by atoms with Crippen LogP contribution in [0, 0.1) is 0 Å². The summed E-state index contributed by atoms with van der Waals surface area (Å²) in [4.78, 5) is 57.6. The van der Waals surface area contributed by atoms with Gasteiger partial charge >= 0.3 is 23.9 Å². The number of fused-ring (bicyclic) bond motifs is 1. The zero-order valence-electron chi connectivity index (χ0n) is 23.7. The number of nitrogens with one attached hydrogen (secondary N) is 1. The van der Waals surface area contributed by atoms with Crippen molar-refractivity contribution < 1.29 is 83.6 Å². The fraction of sp³-hybridized carbons (Fsp3) is 0.429. The summed E-state index contributed by atoms with van der Waals surface area (Å²) in [6.45, 7) is 0. The number of hydrogen-bond donors (Lipinski definition) is 8. The number of aromatic hydroxyl groups is 1. The molecule has 3 aliphatic rings. The lowest BCUT2D eigenvalue weighted by Crippen LogP contribution is -2.60. The van der Waals surface area contributed by atoms with Crippen LogP contribution in [0.15, 0.2) is 35.6 Å². The van der Waals surface area contributed by atoms with Gasteiger partial charge in [0.1, 0.15) is 30.1 Å². The maximum atomic E-state index is 12.1. The summed E-state index contributed by atoms with van der Waals surface area (Å²) in [5, 5.41) is 83.1. The lowest BCUT2D eigenvalue weighted by Gasteiger charge is -2.39. The third-order valence-electron chi connectivity index (χ3n) is 7.33. The van der Waals surface area contributed by atoms with Crippen LogP contribution in [-0.4, -0.2) is 119 Å². The molecule has 18 nitrogen and oxygen atoms in total. The van der Waals surface area contributed by atoms with Gasteiger partial charge in [-0.15, -0.1) is 0 Å². The quantitative estimate of drug-likeness (QED) is 0.0878. The van der Waals surface area contributed by atoms with Gasteiger partial charge in [0, 0.05) is 30.5 Å². The standard InChI is InChI=1S/C28H30N2O16/c31-17-10-15-12(8-16(26(42)43)30(15)5-4-11-6-13(24(38)39)29-14(7-11)25(40)41)9-18(17)44-27-22(36)21(35)23(37)28(46-27)45-20(34)3-1-2-19(32)33/h4-6,9-10,14,16,21-23,27-28,35-37H,1-3,7-8H2,(H5,31,32,33,38,39,40,41,42,43)/t14?,16-,21+,22+,23-,27?,28-/m0/s1. The van der Waals surface area contributed by atoms with Gasteiger partial charge in [-0.05, 0) is 30.6 Å². The van der Waals surface area contributed by atoms with E-state index in [0.29, 0.717) is 5.56 Å². The first kappa shape index (κ1) is 33.8. The van der Waals surface area contributed by atoms with Crippen LogP contribution in [0.5, 0.6) is 11.5 Å². The molecule has 46 heavy (non-hydrogen) atoms. The van der Waals surface area contributed by atoms with Crippen LogP contribution in [0.1, 0.15) is 31.2 Å². The molecule has 1 saturated heterocycles. The SMILES string of the molecule is O=C([O-])CCCC(=O)O[C@H]1OC(Oc2cc3c(cc2O)[N+](=CC=C2C=C(C(=O)O)NC(C(=O)O)C2)[C@H](C(=O)O)C3)[C@H](O)[C@@H](O)[C@@H]1O. The molecular formula is C28H30N2O16. The van der Waals surface area contributed by atoms with E-state index >= 15 is 0 Å². The topological polar surface area (TPSA) is 293 Å². The van der Waals surface area contributed by atoms with Crippen molar-refractivity contribution in [1.82, 2.24) is 5.32 Å². The van der Waals surface area contributed by atoms with Crippen molar-refractivity contribution in [2.75, 3.05) is 0 Å². The van der Waals surface area contributed by atoms with E-state index in [0.717, 1.165) is 6.07 Å². The molecule has 18 heteroatoms. The molecule has 3 aliphatic heterocycles. The number of aliphatic hydroxyl groups is 3. The van der Waals surface area contributed by atoms with Crippen LogP contribution in [0.3, 0.4) is 0 Å². The minimum Gasteiger partial charge on any atom is -0.550 e. The lowest BCUT2D eigenvalue weighted by molar-refractivity contribution is -0.456. The van der Waals surface area contributed by atoms with E-state index in [4.69, 9.17) is 14.2 Å². The molecule has 0 aromatic heterocycles. The molecule has 1 aromatic carbocycles. The summed E-state index contributed by atoms with van der Waals surface area (Å²) < 4.78 is 17.1. The monoisotopic (exact) mass is 650 g/mol. The summed E-state index contributed by atoms with van der Waals surface area (Å²) in [6.07, 6.45) is -6.79. The second-order valence-electron chi connectivity index (χ2n) is 10.6. The molecule has 4 rings (SSSR count). The molecule has 0 spiro atoms. The highest BCUT2D eigenvalue weighted by atomic mass is 16.8. The van der Waals surface area contributed by atoms with E-state index in [1.807, 2.05) is 0 Å². The number of hydrogen-bond acceptors (Lipinski definition) is 14. The molecule has 0 amide bonds. The molecule has 0 bridgehead atoms. The number of carboxylic acid groups (broad SMARTS) is 4. The Balaban J connectivity index is 1.57. The number of ether oxygens (including phenoxy) is 3. The van der Waals surface area contributed by atoms with Gasteiger partial charge in [-0.2, -0.15) is 4.58 Å². The summed E-state index contributed by atoms with van der Waals surface area (Å²) in [5.41, 5.74) is 0.423. The van der Waals surface area contributed by atoms with Gasteiger partial charge < -0.3 is 60.4 Å². The zero-order chi connectivity index (χ0) is 33.9. The van der Waals surface area contributed by atoms with Crippen molar-refractivity contribution in [3.63, 3.8) is 0 Å². The van der Waals surface area contributed by atoms with Gasteiger partial charge in [-0.1, -0.05) is 0 Å². The Bertz CT molecular complexity index is 1520. The van der Waals surface area contributed by atoms with Crippen LogP contribution in [0.25, 0.3) is 0 Å². The van der Waals surface area contributed by atoms with Gasteiger partial charge in [0.25, 0.3) is 6.04 Å². The molecule has 1 aromatic rings. The minimum atomic E-state index is -1.95. The first-order valence-corrected chi connectivity index (χ1v) is 13.8. The van der Waals surface area contributed by atoms with Crippen LogP contribution in [-0.2, 0) is 39.9 Å². The number of carbonyl (C=O) groups is 5. The Hall–Kier alpha value is -5.04. The summed E-state index contributed by atoms with van der Waals surface area (Å²) in [7, 11) is 0. The van der Waals surface area contributed by atoms with Crippen molar-refractivity contribution in [3.8, 4) is 11.5 Å². The van der Waals surface area contributed by atoms with Crippen molar-refractivity contribution in [2.45, 2.75) is 75.1 Å². The number of aliphatic carboxylic acids is 4. The van der Waals surface area contributed by atoms with Gasteiger partial charge in [0.2, 0.25) is 18.3 Å². The maximum absolute atomic E-state index is 12.1. The fourth-order valence-corrected chi connectivity index (χ4v) is 4.99. The predicted molar refractivity (Wildman–Crippen MR) is 144 cm³/mol. The van der Waals surface area contributed by atoms with Gasteiger partial charge in [-0.25, -0.2) is 14.4 Å². The molecular weight excluding hydrogens is 620 g/mol. The summed E-state index contributed by atoms with van der Waals surface area (Å²) in [5.74, 6) is -7.26. The van der Waals surface area contributed by atoms with Crippen LogP contribution >= 0.6 is 0 Å². The largest absolute Gasteiger partial charge is 0.550 e. The molecule has 7 atom stereocenters. The van der Waals surface area contributed by atoms with Crippen LogP contribution < -0.4 is 15.2 Å². The third-order valence-corrected chi connectivity index (χ3v) is 7.33. The van der Waals surface area contributed by atoms with E-state index in [2.05, 4.69) is 5.32 Å². The number of carboxylic acids is 4. The van der Waals surface area contributed by atoms with E-state index in [1.165, 1.54) is 29.0 Å². The van der Waals surface area contributed by atoms with Crippen molar-refractivity contribution >= 4 is 41.7 Å². The highest BCUT2D eigenvalue weighted by Crippen LogP contribution is 2.40. The normalized spacial score (nSPS) is 28.9. The predicted octanol–water partition coefficient (Wildman–Crippen LogP) is -2.93. The number of esters is 1. The van der Waals surface area contributed by atoms with Gasteiger partial charge in [-0.3, -0.25) is 9.53 Å². The molecule has 2 unspecified atom stereocenters. The lowest BCUT2D eigenvalue weighted by atomic mass is 10.00. The number of nitrogens with zero attached hydrogens (tertiary/aromatic N) is 1. The second kappa shape index (κ2) is 13.9. The second-order valence-corrected chi connectivity index (χ2v) is 10.6. The molecule has 0 saturated carbocycles. The fourth-order valence-electron chi connectivity index (χ4n) is 4.99. The number of phenols is 1. The Labute approximate surface area is 258 Å². The van der Waals surface area contributed by atoms with E-state index in [-0.39, 0.29) is 48.4 Å². The molecule has 248 valence electrons. The smallest absolute Gasteiger partial charge is 0.373 e. The maximum Gasteiger partial charge on any atom is 0.373 e. The van der Waals surface area contributed by atoms with Crippen molar-refractivity contribution in [2.24, 2.45) is 0 Å². The number of phenolic OH excluding ortho intramolecular Hbond substituents is 1. The first-order valence-electron chi connectivity index (χ1n) is 13.8. The highest BCUT2D eigenvalue weighted by molar-refractivity contribution is 5.89. The Morgan fingerprint density at radius 2 is 1.67 bits per heavy atom. The Morgan fingerprint density at radius 1 is 0.978 bits per heavy atom. The van der Waals surface area contributed by atoms with Crippen LogP contribution in [0.2, 0.25) is 0 Å². The average molecular weight is 651 g/mol. The highest BCUT2D eigenvalue weighted by Gasteiger charge is 2.48. The Kier molecular flexibility index (Phi) is 10.3. The molecule has 1 fully saturated rings. The summed E-state index contributed by atoms with van der Waals surface area (Å²) >= 11 is 0. The van der Waals surface area contributed by atoms with Crippen LogP contribution in [0.4, 0.5) is 5.69 Å². The number of rotatable bonds is 11. The van der Waals surface area contributed by atoms with Gasteiger partial charge in [0.05, 0.1) is 12.5 Å². The molecule has 0 radical (unpaired) electrons. The molecule has 3 heterocycles. The van der Waals surface area contributed by atoms with E-state index in [1.54, 1.807) is 0 Å². The number of aliphatic hydroxyl groups excluding tert-OH is 3. The number of benzene rings is 1. The third kappa shape index (κ3) is 7.60.